The number of alkyl halides is 3. The molecule has 2 fully saturated rings. The van der Waals surface area contributed by atoms with E-state index in [2.05, 4.69) is 26.2 Å². The highest BCUT2D eigenvalue weighted by atomic mass is 19.4. The SMILES string of the molecule is N#Cc1ccc(CN2CCC(NC(=O)c3ccc(C(=O)N4CCN(Cc5ccc(C(F)(F)F)cc5)CC4)cn3)CC2)cc1. The van der Waals surface area contributed by atoms with Gasteiger partial charge in [0.25, 0.3) is 11.8 Å². The molecular weight excluding hydrogens is 557 g/mol. The van der Waals surface area contributed by atoms with Crippen molar-refractivity contribution in [2.45, 2.75) is 38.1 Å². The van der Waals surface area contributed by atoms with Gasteiger partial charge in [0.2, 0.25) is 0 Å². The van der Waals surface area contributed by atoms with Gasteiger partial charge in [0.1, 0.15) is 5.69 Å². The summed E-state index contributed by atoms with van der Waals surface area (Å²) in [5.41, 5.74) is 2.59. The van der Waals surface area contributed by atoms with E-state index in [0.717, 1.165) is 55.7 Å². The standard InChI is InChI=1S/C32H33F3N6O2/c33-32(34,35)27-8-5-25(6-9-27)22-40-15-17-41(18-16-40)31(43)26-7-10-29(37-20-26)30(42)38-28-11-13-39(14-12-28)21-24-3-1-23(19-36)2-4-24/h1-10,20,28H,11-18,21-22H2,(H,38,42). The van der Waals surface area contributed by atoms with E-state index >= 15 is 0 Å². The van der Waals surface area contributed by atoms with Crippen LogP contribution < -0.4 is 5.32 Å². The molecule has 3 aromatic rings. The predicted molar refractivity (Wildman–Crippen MR) is 154 cm³/mol. The number of nitrogens with zero attached hydrogens (tertiary/aromatic N) is 5. The van der Waals surface area contributed by atoms with E-state index in [-0.39, 0.29) is 23.6 Å². The van der Waals surface area contributed by atoms with Gasteiger partial charge in [0.05, 0.1) is 22.8 Å². The van der Waals surface area contributed by atoms with Gasteiger partial charge in [-0.3, -0.25) is 24.4 Å². The number of carbonyl (C=O) groups excluding carboxylic acids is 2. The zero-order valence-corrected chi connectivity index (χ0v) is 23.7. The van der Waals surface area contributed by atoms with Gasteiger partial charge >= 0.3 is 6.18 Å². The second kappa shape index (κ2) is 13.4. The molecule has 5 rings (SSSR count). The number of rotatable bonds is 7. The Hall–Kier alpha value is -4.27. The molecule has 8 nitrogen and oxygen atoms in total. The fourth-order valence-electron chi connectivity index (χ4n) is 5.44. The molecule has 224 valence electrons. The van der Waals surface area contributed by atoms with Crippen LogP contribution in [0.3, 0.4) is 0 Å². The van der Waals surface area contributed by atoms with Gasteiger partial charge in [0.15, 0.2) is 0 Å². The first kappa shape index (κ1) is 30.2. The Balaban J connectivity index is 1.04. The summed E-state index contributed by atoms with van der Waals surface area (Å²) in [4.78, 5) is 36.3. The molecule has 43 heavy (non-hydrogen) atoms. The highest BCUT2D eigenvalue weighted by Crippen LogP contribution is 2.29. The molecule has 1 aromatic heterocycles. The van der Waals surface area contributed by atoms with Crippen molar-refractivity contribution >= 4 is 11.8 Å². The second-order valence-corrected chi connectivity index (χ2v) is 11.0. The van der Waals surface area contributed by atoms with E-state index in [1.807, 2.05) is 24.3 Å². The lowest BCUT2D eigenvalue weighted by Crippen LogP contribution is -2.48. The maximum Gasteiger partial charge on any atom is 0.416 e. The van der Waals surface area contributed by atoms with Crippen molar-refractivity contribution in [3.05, 3.63) is 100 Å². The summed E-state index contributed by atoms with van der Waals surface area (Å²) in [5, 5.41) is 12.0. The van der Waals surface area contributed by atoms with Gasteiger partial charge in [-0.25, -0.2) is 0 Å². The van der Waals surface area contributed by atoms with E-state index in [0.29, 0.717) is 43.9 Å². The van der Waals surface area contributed by atoms with Crippen LogP contribution in [0.5, 0.6) is 0 Å². The number of nitriles is 1. The van der Waals surface area contributed by atoms with Crippen LogP contribution >= 0.6 is 0 Å². The number of nitrogens with one attached hydrogen (secondary N) is 1. The van der Waals surface area contributed by atoms with Crippen LogP contribution in [0, 0.1) is 11.3 Å². The zero-order chi connectivity index (χ0) is 30.4. The molecule has 2 aliphatic rings. The molecule has 2 aromatic carbocycles. The van der Waals surface area contributed by atoms with Crippen molar-refractivity contribution in [2.75, 3.05) is 39.3 Å². The fraction of sp³-hybridized carbons (Fsp3) is 0.375. The number of hydrogen-bond acceptors (Lipinski definition) is 6. The van der Waals surface area contributed by atoms with Gasteiger partial charge in [-0.05, 0) is 60.4 Å². The first-order chi connectivity index (χ1) is 20.7. The maximum absolute atomic E-state index is 13.0. The second-order valence-electron chi connectivity index (χ2n) is 11.0. The molecule has 0 aliphatic carbocycles. The number of piperidine rings is 1. The van der Waals surface area contributed by atoms with Crippen molar-refractivity contribution in [1.29, 1.82) is 5.26 Å². The lowest BCUT2D eigenvalue weighted by atomic mass is 10.0. The minimum absolute atomic E-state index is 0.0479. The van der Waals surface area contributed by atoms with Crippen LogP contribution in [0.2, 0.25) is 0 Å². The number of carbonyl (C=O) groups is 2. The molecule has 0 spiro atoms. The number of pyridine rings is 1. The summed E-state index contributed by atoms with van der Waals surface area (Å²) in [6.07, 6.45) is -1.27. The molecule has 11 heteroatoms. The van der Waals surface area contributed by atoms with Crippen LogP contribution in [0.4, 0.5) is 13.2 Å². The third kappa shape index (κ3) is 7.97. The Morgan fingerprint density at radius 2 is 1.42 bits per heavy atom. The van der Waals surface area contributed by atoms with Crippen LogP contribution in [0.25, 0.3) is 0 Å². The molecule has 0 atom stereocenters. The monoisotopic (exact) mass is 590 g/mol. The predicted octanol–water partition coefficient (Wildman–Crippen LogP) is 4.32. The van der Waals surface area contributed by atoms with Gasteiger partial charge in [-0.2, -0.15) is 18.4 Å². The molecule has 2 aliphatic heterocycles. The van der Waals surface area contributed by atoms with Crippen LogP contribution in [-0.2, 0) is 19.3 Å². The molecule has 0 saturated carbocycles. The number of likely N-dealkylation sites (tertiary alicyclic amines) is 1. The number of aromatic nitrogens is 1. The first-order valence-electron chi connectivity index (χ1n) is 14.3. The molecule has 0 radical (unpaired) electrons. The first-order valence-corrected chi connectivity index (χ1v) is 14.3. The Morgan fingerprint density at radius 3 is 1.95 bits per heavy atom. The summed E-state index contributed by atoms with van der Waals surface area (Å²) in [5.74, 6) is -0.426. The van der Waals surface area contributed by atoms with Crippen LogP contribution in [0.1, 0.15) is 55.9 Å². The lowest BCUT2D eigenvalue weighted by molar-refractivity contribution is -0.137. The third-order valence-corrected chi connectivity index (χ3v) is 8.00. The number of amides is 2. The number of halogens is 3. The highest BCUT2D eigenvalue weighted by Gasteiger charge is 2.30. The van der Waals surface area contributed by atoms with E-state index in [1.54, 1.807) is 17.0 Å². The number of hydrogen-bond donors (Lipinski definition) is 1. The molecular formula is C32H33F3N6O2. The van der Waals surface area contributed by atoms with E-state index in [1.165, 1.54) is 18.3 Å². The van der Waals surface area contributed by atoms with Gasteiger partial charge in [-0.15, -0.1) is 0 Å². The largest absolute Gasteiger partial charge is 0.416 e. The average Bonchev–Trinajstić information content (AvgIpc) is 3.02. The fourth-order valence-corrected chi connectivity index (χ4v) is 5.44. The summed E-state index contributed by atoms with van der Waals surface area (Å²) >= 11 is 0. The average molecular weight is 591 g/mol. The highest BCUT2D eigenvalue weighted by molar-refractivity contribution is 5.96. The van der Waals surface area contributed by atoms with Crippen molar-refractivity contribution in [1.82, 2.24) is 25.0 Å². The molecule has 1 N–H and O–H groups in total. The van der Waals surface area contributed by atoms with Gasteiger partial charge in [0, 0.05) is 64.6 Å². The van der Waals surface area contributed by atoms with Crippen LogP contribution in [0.15, 0.2) is 66.9 Å². The topological polar surface area (TPSA) is 92.6 Å². The summed E-state index contributed by atoms with van der Waals surface area (Å²) in [7, 11) is 0. The summed E-state index contributed by atoms with van der Waals surface area (Å²) in [6.45, 7) is 5.21. The maximum atomic E-state index is 13.0. The Labute approximate surface area is 248 Å². The lowest BCUT2D eigenvalue weighted by Gasteiger charge is -2.34. The molecule has 0 unspecified atom stereocenters. The van der Waals surface area contributed by atoms with Gasteiger partial charge < -0.3 is 10.2 Å². The van der Waals surface area contributed by atoms with Crippen LogP contribution in [-0.4, -0.2) is 76.8 Å². The third-order valence-electron chi connectivity index (χ3n) is 8.00. The van der Waals surface area contributed by atoms with E-state index < -0.39 is 11.7 Å². The quantitative estimate of drug-likeness (QED) is 0.441. The smallest absolute Gasteiger partial charge is 0.348 e. The number of piperazine rings is 1. The normalized spacial score (nSPS) is 16.9. The Morgan fingerprint density at radius 1 is 0.837 bits per heavy atom. The van der Waals surface area contributed by atoms with Gasteiger partial charge in [-0.1, -0.05) is 24.3 Å². The Bertz CT molecular complexity index is 1440. The Kier molecular flexibility index (Phi) is 9.38. The molecule has 0 bridgehead atoms. The minimum Gasteiger partial charge on any atom is -0.348 e. The van der Waals surface area contributed by atoms with Crippen molar-refractivity contribution in [3.8, 4) is 6.07 Å². The van der Waals surface area contributed by atoms with E-state index in [9.17, 15) is 22.8 Å². The van der Waals surface area contributed by atoms with Crippen molar-refractivity contribution < 1.29 is 22.8 Å². The van der Waals surface area contributed by atoms with Crippen molar-refractivity contribution in [3.63, 3.8) is 0 Å². The molecule has 2 saturated heterocycles. The minimum atomic E-state index is -4.35. The van der Waals surface area contributed by atoms with E-state index in [4.69, 9.17) is 5.26 Å². The molecule has 3 heterocycles. The summed E-state index contributed by atoms with van der Waals surface area (Å²) in [6, 6.07) is 18.1. The zero-order valence-electron chi connectivity index (χ0n) is 23.7. The summed E-state index contributed by atoms with van der Waals surface area (Å²) < 4.78 is 38.4. The molecule has 2 amide bonds. The van der Waals surface area contributed by atoms with Crippen molar-refractivity contribution in [2.24, 2.45) is 0 Å². The number of benzene rings is 2.